The third-order valence-corrected chi connectivity index (χ3v) is 4.81. The molecule has 0 radical (unpaired) electrons. The molecule has 1 heterocycles. The van der Waals surface area contributed by atoms with Gasteiger partial charge in [0, 0.05) is 43.6 Å². The van der Waals surface area contributed by atoms with Crippen LogP contribution in [0.2, 0.25) is 0 Å². The number of allylic oxidation sites excluding steroid dienone is 1. The molecular weight excluding hydrogens is 386 g/mol. The van der Waals surface area contributed by atoms with Gasteiger partial charge < -0.3 is 19.5 Å². The lowest BCUT2D eigenvalue weighted by Crippen LogP contribution is -2.38. The normalized spacial score (nSPS) is 22.9. The van der Waals surface area contributed by atoms with Crippen LogP contribution in [0.3, 0.4) is 0 Å². The summed E-state index contributed by atoms with van der Waals surface area (Å²) >= 11 is 3.46. The Kier molecular flexibility index (Phi) is 7.47. The lowest BCUT2D eigenvalue weighted by molar-refractivity contribution is -0.169. The number of benzene rings is 1. The van der Waals surface area contributed by atoms with Crippen LogP contribution in [0.4, 0.5) is 0 Å². The molecule has 0 fully saturated rings. The first-order valence-electron chi connectivity index (χ1n) is 8.56. The van der Waals surface area contributed by atoms with Gasteiger partial charge in [-0.2, -0.15) is 0 Å². The molecule has 0 unspecified atom stereocenters. The molecule has 0 bridgehead atoms. The number of nitrogens with zero attached hydrogens (tertiary/aromatic N) is 1. The van der Waals surface area contributed by atoms with Crippen molar-refractivity contribution < 1.29 is 19.4 Å². The van der Waals surface area contributed by atoms with Gasteiger partial charge in [0.25, 0.3) is 5.91 Å². The number of aliphatic hydroxyl groups excluding tert-OH is 1. The highest BCUT2D eigenvalue weighted by Crippen LogP contribution is 2.39. The van der Waals surface area contributed by atoms with E-state index in [1.54, 1.807) is 14.1 Å². The van der Waals surface area contributed by atoms with E-state index in [0.717, 1.165) is 16.5 Å². The minimum absolute atomic E-state index is 0.0103. The van der Waals surface area contributed by atoms with E-state index in [1.165, 1.54) is 4.90 Å². The second-order valence-electron chi connectivity index (χ2n) is 6.28. The molecule has 1 aromatic rings. The number of rotatable bonds is 7. The Morgan fingerprint density at radius 3 is 2.56 bits per heavy atom. The standard InChI is InChI=1S/C19H26BrNO4/c1-4-24-19-15(6-5-11-22)16(13-7-9-14(20)10-8-13)12-17(25-19)18(23)21(2)3/h7-10,12,15-16,19,22H,4-6,11H2,1-3H3/t15-,16+,19+/m0/s1. The minimum atomic E-state index is -0.505. The predicted octanol–water partition coefficient (Wildman–Crippen LogP) is 3.29. The Labute approximate surface area is 157 Å². The number of amides is 1. The number of hydrogen-bond acceptors (Lipinski definition) is 4. The number of carbonyl (C=O) groups excluding carboxylic acids is 1. The zero-order valence-corrected chi connectivity index (χ0v) is 16.5. The van der Waals surface area contributed by atoms with Crippen LogP contribution in [0.5, 0.6) is 0 Å². The summed E-state index contributed by atoms with van der Waals surface area (Å²) in [4.78, 5) is 13.9. The SMILES string of the molecule is CCO[C@@H]1OC(C(=O)N(C)C)=C[C@H](c2ccc(Br)cc2)[C@@H]1CCCO. The smallest absolute Gasteiger partial charge is 0.288 e. The molecule has 1 N–H and O–H groups in total. The van der Waals surface area contributed by atoms with Crippen LogP contribution in [0, 0.1) is 5.92 Å². The van der Waals surface area contributed by atoms with Gasteiger partial charge in [-0.05, 0) is 43.5 Å². The van der Waals surface area contributed by atoms with Crippen LogP contribution < -0.4 is 0 Å². The van der Waals surface area contributed by atoms with E-state index in [9.17, 15) is 9.90 Å². The molecule has 5 nitrogen and oxygen atoms in total. The number of ether oxygens (including phenoxy) is 2. The van der Waals surface area contributed by atoms with Gasteiger partial charge in [0.15, 0.2) is 5.76 Å². The molecule has 138 valence electrons. The van der Waals surface area contributed by atoms with Crippen molar-refractivity contribution >= 4 is 21.8 Å². The lowest BCUT2D eigenvalue weighted by Gasteiger charge is -2.37. The summed E-state index contributed by atoms with van der Waals surface area (Å²) in [6, 6.07) is 8.07. The maximum Gasteiger partial charge on any atom is 0.288 e. The van der Waals surface area contributed by atoms with Crippen LogP contribution in [0.1, 0.15) is 31.2 Å². The van der Waals surface area contributed by atoms with E-state index < -0.39 is 6.29 Å². The summed E-state index contributed by atoms with van der Waals surface area (Å²) in [5, 5.41) is 9.26. The van der Waals surface area contributed by atoms with Crippen molar-refractivity contribution in [3.05, 3.63) is 46.1 Å². The highest BCUT2D eigenvalue weighted by atomic mass is 79.9. The predicted molar refractivity (Wildman–Crippen MR) is 100.0 cm³/mol. The highest BCUT2D eigenvalue weighted by Gasteiger charge is 2.38. The maximum atomic E-state index is 12.4. The lowest BCUT2D eigenvalue weighted by atomic mass is 9.80. The van der Waals surface area contributed by atoms with Crippen molar-refractivity contribution in [2.24, 2.45) is 5.92 Å². The largest absolute Gasteiger partial charge is 0.459 e. The first-order chi connectivity index (χ1) is 12.0. The van der Waals surface area contributed by atoms with Gasteiger partial charge in [0.1, 0.15) is 0 Å². The summed E-state index contributed by atoms with van der Waals surface area (Å²) in [6.07, 6.45) is 2.80. The Morgan fingerprint density at radius 1 is 1.32 bits per heavy atom. The van der Waals surface area contributed by atoms with E-state index in [4.69, 9.17) is 9.47 Å². The summed E-state index contributed by atoms with van der Waals surface area (Å²) in [7, 11) is 3.41. The first kappa shape index (κ1) is 19.9. The average Bonchev–Trinajstić information content (AvgIpc) is 2.60. The van der Waals surface area contributed by atoms with E-state index in [0.29, 0.717) is 18.8 Å². The first-order valence-corrected chi connectivity index (χ1v) is 9.35. The number of halogens is 1. The molecule has 25 heavy (non-hydrogen) atoms. The zero-order chi connectivity index (χ0) is 18.4. The molecule has 1 amide bonds. The Morgan fingerprint density at radius 2 is 2.00 bits per heavy atom. The van der Waals surface area contributed by atoms with Crippen LogP contribution in [0.25, 0.3) is 0 Å². The molecule has 0 spiro atoms. The number of carbonyl (C=O) groups is 1. The second-order valence-corrected chi connectivity index (χ2v) is 7.19. The molecule has 3 atom stereocenters. The Bertz CT molecular complexity index is 600. The van der Waals surface area contributed by atoms with Gasteiger partial charge in [0.2, 0.25) is 6.29 Å². The molecule has 1 aliphatic rings. The molecular formula is C19H26BrNO4. The van der Waals surface area contributed by atoms with Crippen molar-refractivity contribution in [1.29, 1.82) is 0 Å². The highest BCUT2D eigenvalue weighted by molar-refractivity contribution is 9.10. The van der Waals surface area contributed by atoms with Gasteiger partial charge in [-0.15, -0.1) is 0 Å². The number of aliphatic hydroxyl groups is 1. The van der Waals surface area contributed by atoms with Gasteiger partial charge in [-0.25, -0.2) is 0 Å². The quantitative estimate of drug-likeness (QED) is 0.747. The minimum Gasteiger partial charge on any atom is -0.459 e. The van der Waals surface area contributed by atoms with Crippen molar-refractivity contribution in [3.63, 3.8) is 0 Å². The molecule has 1 aromatic carbocycles. The monoisotopic (exact) mass is 411 g/mol. The summed E-state index contributed by atoms with van der Waals surface area (Å²) in [5.74, 6) is 0.167. The summed E-state index contributed by atoms with van der Waals surface area (Å²) in [6.45, 7) is 2.53. The van der Waals surface area contributed by atoms with Crippen molar-refractivity contribution in [1.82, 2.24) is 4.90 Å². The third-order valence-electron chi connectivity index (χ3n) is 4.28. The van der Waals surface area contributed by atoms with Crippen molar-refractivity contribution in [3.8, 4) is 0 Å². The second kappa shape index (κ2) is 9.36. The van der Waals surface area contributed by atoms with Gasteiger partial charge in [-0.1, -0.05) is 28.1 Å². The van der Waals surface area contributed by atoms with E-state index >= 15 is 0 Å². The van der Waals surface area contributed by atoms with Crippen LogP contribution in [0.15, 0.2) is 40.6 Å². The molecule has 0 aromatic heterocycles. The van der Waals surface area contributed by atoms with E-state index in [-0.39, 0.29) is 24.3 Å². The number of likely N-dealkylation sites (N-methyl/N-ethyl adjacent to an activating group) is 1. The van der Waals surface area contributed by atoms with Gasteiger partial charge in [-0.3, -0.25) is 4.79 Å². The molecule has 0 saturated carbocycles. The molecule has 1 aliphatic heterocycles. The fraction of sp³-hybridized carbons (Fsp3) is 0.526. The summed E-state index contributed by atoms with van der Waals surface area (Å²) < 4.78 is 12.7. The van der Waals surface area contributed by atoms with Crippen LogP contribution in [-0.4, -0.2) is 49.5 Å². The fourth-order valence-corrected chi connectivity index (χ4v) is 3.31. The molecule has 6 heteroatoms. The van der Waals surface area contributed by atoms with E-state index in [1.807, 2.05) is 37.3 Å². The van der Waals surface area contributed by atoms with Crippen molar-refractivity contribution in [2.75, 3.05) is 27.3 Å². The Balaban J connectivity index is 2.42. The zero-order valence-electron chi connectivity index (χ0n) is 14.9. The molecule has 2 rings (SSSR count). The Hall–Kier alpha value is -1.37. The van der Waals surface area contributed by atoms with Crippen molar-refractivity contribution in [2.45, 2.75) is 32.0 Å². The topological polar surface area (TPSA) is 59.0 Å². The fourth-order valence-electron chi connectivity index (χ4n) is 3.04. The molecule has 0 aliphatic carbocycles. The molecule has 0 saturated heterocycles. The van der Waals surface area contributed by atoms with Crippen LogP contribution in [-0.2, 0) is 14.3 Å². The van der Waals surface area contributed by atoms with E-state index in [2.05, 4.69) is 15.9 Å². The third kappa shape index (κ3) is 5.06. The average molecular weight is 412 g/mol. The van der Waals surface area contributed by atoms with Gasteiger partial charge in [0.05, 0.1) is 0 Å². The number of hydrogen-bond donors (Lipinski definition) is 1. The van der Waals surface area contributed by atoms with Crippen LogP contribution >= 0.6 is 15.9 Å². The maximum absolute atomic E-state index is 12.4. The summed E-state index contributed by atoms with van der Waals surface area (Å²) in [5.41, 5.74) is 1.10. The van der Waals surface area contributed by atoms with Gasteiger partial charge >= 0.3 is 0 Å².